The third-order valence-corrected chi connectivity index (χ3v) is 12.4. The van der Waals surface area contributed by atoms with Crippen molar-refractivity contribution < 1.29 is 24.1 Å². The molecule has 6 heteroatoms. The molecule has 6 aliphatic rings. The lowest BCUT2D eigenvalue weighted by Gasteiger charge is -2.58. The first-order chi connectivity index (χ1) is 19.3. The number of hydrogen-bond donors (Lipinski definition) is 2. The molecule has 0 amide bonds. The normalized spacial score (nSPS) is 45.1. The monoisotopic (exact) mass is 549 g/mol. The maximum absolute atomic E-state index is 11.6. The minimum atomic E-state index is -0.617. The molecule has 11 atom stereocenters. The number of aliphatic hydroxyl groups is 1. The highest BCUT2D eigenvalue weighted by Gasteiger charge is 2.65. The Kier molecular flexibility index (Phi) is 6.93. The van der Waals surface area contributed by atoms with Gasteiger partial charge in [0, 0.05) is 31.3 Å². The lowest BCUT2D eigenvalue weighted by molar-refractivity contribution is -0.148. The summed E-state index contributed by atoms with van der Waals surface area (Å²) in [5.41, 5.74) is 3.45. The molecule has 0 aromatic heterocycles. The maximum atomic E-state index is 11.6. The van der Waals surface area contributed by atoms with Crippen molar-refractivity contribution in [1.82, 2.24) is 5.32 Å². The van der Waals surface area contributed by atoms with Crippen LogP contribution in [0, 0.1) is 34.5 Å². The zero-order chi connectivity index (χ0) is 27.6. The van der Waals surface area contributed by atoms with Gasteiger partial charge in [0.2, 0.25) is 0 Å². The molecule has 0 radical (unpaired) electrons. The van der Waals surface area contributed by atoms with Gasteiger partial charge < -0.3 is 24.6 Å². The Morgan fingerprint density at radius 3 is 2.62 bits per heavy atom. The van der Waals surface area contributed by atoms with Gasteiger partial charge in [-0.1, -0.05) is 55.8 Å². The molecule has 218 valence electrons. The van der Waals surface area contributed by atoms with Crippen LogP contribution in [0.25, 0.3) is 0 Å². The minimum absolute atomic E-state index is 0.0521. The molecule has 40 heavy (non-hydrogen) atoms. The Hall–Kier alpha value is -1.73. The average Bonchev–Trinajstić information content (AvgIpc) is 3.65. The number of carbonyl (C=O) groups is 1. The molecular weight excluding hydrogens is 502 g/mol. The number of rotatable bonds is 5. The molecule has 7 rings (SSSR count). The van der Waals surface area contributed by atoms with Gasteiger partial charge in [0.25, 0.3) is 0 Å². The zero-order valence-electron chi connectivity index (χ0n) is 24.4. The third-order valence-electron chi connectivity index (χ3n) is 12.4. The Labute approximate surface area is 239 Å². The second-order valence-electron chi connectivity index (χ2n) is 14.3. The lowest BCUT2D eigenvalue weighted by Crippen LogP contribution is -2.54. The van der Waals surface area contributed by atoms with E-state index in [4.69, 9.17) is 14.2 Å². The van der Waals surface area contributed by atoms with Crippen molar-refractivity contribution in [1.29, 1.82) is 0 Å². The maximum Gasteiger partial charge on any atom is 0.302 e. The fourth-order valence-electron chi connectivity index (χ4n) is 10.7. The van der Waals surface area contributed by atoms with Crippen LogP contribution in [-0.4, -0.2) is 54.9 Å². The zero-order valence-corrected chi connectivity index (χ0v) is 24.4. The smallest absolute Gasteiger partial charge is 0.302 e. The van der Waals surface area contributed by atoms with E-state index in [0.717, 1.165) is 25.7 Å². The molecule has 2 N–H and O–H groups in total. The minimum Gasteiger partial charge on any atom is -0.462 e. The molecule has 5 fully saturated rings. The molecule has 0 bridgehead atoms. The first-order valence-electron chi connectivity index (χ1n) is 15.9. The fourth-order valence-corrected chi connectivity index (χ4v) is 10.7. The highest BCUT2D eigenvalue weighted by atomic mass is 16.7. The Morgan fingerprint density at radius 1 is 1.10 bits per heavy atom. The summed E-state index contributed by atoms with van der Waals surface area (Å²) >= 11 is 0. The first kappa shape index (κ1) is 27.1. The van der Waals surface area contributed by atoms with Crippen molar-refractivity contribution >= 4 is 5.97 Å². The summed E-state index contributed by atoms with van der Waals surface area (Å²) in [5.74, 6) is 2.93. The number of fused-ring (bicyclic) bond motifs is 7. The summed E-state index contributed by atoms with van der Waals surface area (Å²) in [6.07, 6.45) is 10.1. The highest BCUT2D eigenvalue weighted by molar-refractivity contribution is 5.66. The topological polar surface area (TPSA) is 77.0 Å². The highest BCUT2D eigenvalue weighted by Crippen LogP contribution is 2.68. The van der Waals surface area contributed by atoms with Gasteiger partial charge in [0.15, 0.2) is 6.29 Å². The summed E-state index contributed by atoms with van der Waals surface area (Å²) in [6, 6.07) is 11.7. The second-order valence-corrected chi connectivity index (χ2v) is 14.3. The van der Waals surface area contributed by atoms with Crippen molar-refractivity contribution in [2.45, 2.75) is 109 Å². The number of allylic oxidation sites excluding steroid dienone is 1. The van der Waals surface area contributed by atoms with Crippen LogP contribution in [0.3, 0.4) is 0 Å². The van der Waals surface area contributed by atoms with Crippen LogP contribution in [0.15, 0.2) is 42.0 Å². The number of aliphatic hydroxyl groups excluding tert-OH is 1. The van der Waals surface area contributed by atoms with Gasteiger partial charge in [-0.05, 0) is 85.0 Å². The van der Waals surface area contributed by atoms with Crippen molar-refractivity contribution in [3.8, 4) is 0 Å². The molecule has 2 saturated heterocycles. The Balaban J connectivity index is 1.15. The molecule has 4 aliphatic carbocycles. The molecule has 6 nitrogen and oxygen atoms in total. The van der Waals surface area contributed by atoms with Crippen LogP contribution in [0.4, 0.5) is 0 Å². The molecule has 0 spiro atoms. The van der Waals surface area contributed by atoms with E-state index in [1.54, 1.807) is 5.57 Å². The SMILES string of the molecule is CC(=O)O[C@H]1CC[C@@]2(C)C(=CC[C@H]3[C@@H]4C[C@H]5[C@H](c6ccccc6)[C@@H](C[C@@H](O)C6OCCO6)N[C@H]5[C@@]4(C)CC[C@@H]32)C1. The Morgan fingerprint density at radius 2 is 1.88 bits per heavy atom. The van der Waals surface area contributed by atoms with Gasteiger partial charge >= 0.3 is 5.97 Å². The summed E-state index contributed by atoms with van der Waals surface area (Å²) in [5, 5.41) is 15.2. The van der Waals surface area contributed by atoms with Gasteiger partial charge in [-0.2, -0.15) is 0 Å². The number of esters is 1. The van der Waals surface area contributed by atoms with E-state index in [0.29, 0.717) is 55.3 Å². The molecule has 1 aromatic carbocycles. The van der Waals surface area contributed by atoms with E-state index < -0.39 is 12.4 Å². The molecular formula is C34H47NO5. The van der Waals surface area contributed by atoms with Crippen LogP contribution >= 0.6 is 0 Å². The van der Waals surface area contributed by atoms with Gasteiger partial charge in [-0.3, -0.25) is 4.79 Å². The summed E-state index contributed by atoms with van der Waals surface area (Å²) in [4.78, 5) is 11.6. The van der Waals surface area contributed by atoms with Crippen LogP contribution in [0.5, 0.6) is 0 Å². The van der Waals surface area contributed by atoms with Crippen LogP contribution in [-0.2, 0) is 19.0 Å². The fraction of sp³-hybridized carbons (Fsp3) is 0.735. The van der Waals surface area contributed by atoms with E-state index in [-0.39, 0.29) is 28.9 Å². The van der Waals surface area contributed by atoms with E-state index >= 15 is 0 Å². The number of ether oxygens (including phenoxy) is 3. The van der Waals surface area contributed by atoms with Crippen molar-refractivity contribution in [3.05, 3.63) is 47.5 Å². The predicted octanol–water partition coefficient (Wildman–Crippen LogP) is 5.36. The van der Waals surface area contributed by atoms with Gasteiger partial charge in [-0.15, -0.1) is 0 Å². The molecule has 2 heterocycles. The van der Waals surface area contributed by atoms with Crippen LogP contribution < -0.4 is 5.32 Å². The predicted molar refractivity (Wildman–Crippen MR) is 152 cm³/mol. The Bertz CT molecular complexity index is 1130. The molecule has 3 saturated carbocycles. The largest absolute Gasteiger partial charge is 0.462 e. The van der Waals surface area contributed by atoms with Crippen LogP contribution in [0.2, 0.25) is 0 Å². The van der Waals surface area contributed by atoms with Gasteiger partial charge in [0.1, 0.15) is 12.2 Å². The van der Waals surface area contributed by atoms with Crippen LogP contribution in [0.1, 0.15) is 83.6 Å². The summed E-state index contributed by atoms with van der Waals surface area (Å²) < 4.78 is 17.0. The van der Waals surface area contributed by atoms with Crippen molar-refractivity contribution in [3.63, 3.8) is 0 Å². The van der Waals surface area contributed by atoms with Gasteiger partial charge in [0.05, 0.1) is 13.2 Å². The van der Waals surface area contributed by atoms with Crippen molar-refractivity contribution in [2.24, 2.45) is 34.5 Å². The van der Waals surface area contributed by atoms with E-state index in [1.165, 1.54) is 31.7 Å². The van der Waals surface area contributed by atoms with E-state index in [1.807, 2.05) is 0 Å². The first-order valence-corrected chi connectivity index (χ1v) is 15.9. The number of carbonyl (C=O) groups excluding carboxylic acids is 1. The molecule has 0 unspecified atom stereocenters. The summed E-state index contributed by atoms with van der Waals surface area (Å²) in [6.45, 7) is 7.77. The summed E-state index contributed by atoms with van der Waals surface area (Å²) in [7, 11) is 0. The second kappa shape index (κ2) is 10.2. The molecule has 2 aliphatic heterocycles. The van der Waals surface area contributed by atoms with E-state index in [2.05, 4.69) is 55.6 Å². The number of hydrogen-bond acceptors (Lipinski definition) is 6. The number of nitrogens with one attached hydrogen (secondary N) is 1. The quantitative estimate of drug-likeness (QED) is 0.381. The third kappa shape index (κ3) is 4.31. The van der Waals surface area contributed by atoms with E-state index in [9.17, 15) is 9.90 Å². The van der Waals surface area contributed by atoms with Gasteiger partial charge in [-0.25, -0.2) is 0 Å². The molecule has 1 aromatic rings. The number of benzene rings is 1. The standard InChI is InChI=1S/C34H47NO5/c1-20(36)40-23-11-13-33(2)22(17-23)9-10-24-26(33)12-14-34(3)27(24)18-25-30(21-7-5-4-6-8-21)28(35-31(25)34)19-29(37)32-38-15-16-39-32/h4-9,23-32,35,37H,10-19H2,1-3H3/t23-,24+,25-,26-,27-,28+,29+,30-,31+,33-,34-/m0/s1. The van der Waals surface area contributed by atoms with Crippen molar-refractivity contribution in [2.75, 3.05) is 13.2 Å². The average molecular weight is 550 g/mol. The lowest BCUT2D eigenvalue weighted by atomic mass is 9.48.